The summed E-state index contributed by atoms with van der Waals surface area (Å²) in [7, 11) is 0. The second kappa shape index (κ2) is 8.22. The van der Waals surface area contributed by atoms with Crippen LogP contribution in [0, 0.1) is 0 Å². The Morgan fingerprint density at radius 1 is 1.03 bits per heavy atom. The van der Waals surface area contributed by atoms with Crippen LogP contribution in [0.2, 0.25) is 0 Å². The summed E-state index contributed by atoms with van der Waals surface area (Å²) >= 11 is 0. The molecule has 6 rings (SSSR count). The highest BCUT2D eigenvalue weighted by atomic mass is 16.3. The SMILES string of the molecule is Nc1cc(C2CC3CCC(C2)N3C(=O)CO)nc2c(-c3ccc(-c4ccccc4)nc3)cnn12. The number of nitrogens with zero attached hydrogens (tertiary/aromatic N) is 5. The van der Waals surface area contributed by atoms with E-state index in [1.54, 1.807) is 10.7 Å². The van der Waals surface area contributed by atoms with E-state index in [1.807, 2.05) is 59.6 Å². The Kier molecular flexibility index (Phi) is 5.03. The molecule has 2 atom stereocenters. The molecule has 1 aromatic carbocycles. The van der Waals surface area contributed by atoms with Crippen molar-refractivity contribution in [1.82, 2.24) is 24.5 Å². The number of nitrogens with two attached hydrogens (primary N) is 1. The van der Waals surface area contributed by atoms with Gasteiger partial charge in [-0.15, -0.1) is 0 Å². The van der Waals surface area contributed by atoms with Crippen LogP contribution in [0.4, 0.5) is 5.82 Å². The Morgan fingerprint density at radius 2 is 1.79 bits per heavy atom. The third-order valence-electron chi connectivity index (χ3n) is 7.24. The molecule has 5 heterocycles. The Hall–Kier alpha value is -3.78. The van der Waals surface area contributed by atoms with Crippen molar-refractivity contribution in [3.63, 3.8) is 0 Å². The molecule has 4 aromatic rings. The van der Waals surface area contributed by atoms with Gasteiger partial charge in [0, 0.05) is 52.6 Å². The number of piperidine rings is 1. The predicted molar refractivity (Wildman–Crippen MR) is 129 cm³/mol. The van der Waals surface area contributed by atoms with Crippen molar-refractivity contribution < 1.29 is 9.90 Å². The number of pyridine rings is 1. The smallest absolute Gasteiger partial charge is 0.248 e. The lowest BCUT2D eigenvalue weighted by molar-refractivity contribution is -0.138. The molecule has 2 saturated heterocycles. The van der Waals surface area contributed by atoms with Gasteiger partial charge in [-0.05, 0) is 31.7 Å². The fourth-order valence-corrected chi connectivity index (χ4v) is 5.66. The van der Waals surface area contributed by atoms with Gasteiger partial charge < -0.3 is 15.7 Å². The third kappa shape index (κ3) is 3.42. The largest absolute Gasteiger partial charge is 0.387 e. The second-order valence-electron chi connectivity index (χ2n) is 9.21. The molecule has 8 heteroatoms. The fourth-order valence-electron chi connectivity index (χ4n) is 5.66. The molecule has 3 aromatic heterocycles. The standard InChI is InChI=1S/C26H26N6O2/c27-24-12-23(18-10-19-7-8-20(11-18)31(19)25(34)15-33)30-26-21(14-29-32(24)26)17-6-9-22(28-13-17)16-4-2-1-3-5-16/h1-6,9,12-14,18-20,33H,7-8,10-11,15,27H2. The van der Waals surface area contributed by atoms with E-state index >= 15 is 0 Å². The van der Waals surface area contributed by atoms with Crippen LogP contribution < -0.4 is 5.73 Å². The minimum Gasteiger partial charge on any atom is -0.387 e. The fraction of sp³-hybridized carbons (Fsp3) is 0.308. The minimum absolute atomic E-state index is 0.154. The van der Waals surface area contributed by atoms with Gasteiger partial charge in [0.15, 0.2) is 5.65 Å². The Bertz CT molecular complexity index is 1340. The second-order valence-corrected chi connectivity index (χ2v) is 9.21. The van der Waals surface area contributed by atoms with Gasteiger partial charge in [0.2, 0.25) is 5.91 Å². The molecule has 2 fully saturated rings. The number of anilines is 1. The molecule has 0 aliphatic carbocycles. The molecule has 2 aliphatic rings. The first kappa shape index (κ1) is 20.8. The summed E-state index contributed by atoms with van der Waals surface area (Å²) < 4.78 is 1.67. The number of benzene rings is 1. The molecule has 8 nitrogen and oxygen atoms in total. The minimum atomic E-state index is -0.425. The number of aliphatic hydroxyl groups is 1. The van der Waals surface area contributed by atoms with Crippen molar-refractivity contribution in [1.29, 1.82) is 0 Å². The Labute approximate surface area is 197 Å². The number of hydrogen-bond donors (Lipinski definition) is 2. The van der Waals surface area contributed by atoms with E-state index in [1.165, 1.54) is 0 Å². The van der Waals surface area contributed by atoms with E-state index in [-0.39, 0.29) is 23.9 Å². The third-order valence-corrected chi connectivity index (χ3v) is 7.24. The summed E-state index contributed by atoms with van der Waals surface area (Å²) in [4.78, 5) is 23.8. The van der Waals surface area contributed by atoms with Gasteiger partial charge in [0.1, 0.15) is 12.4 Å². The van der Waals surface area contributed by atoms with Crippen LogP contribution in [0.25, 0.3) is 28.0 Å². The summed E-state index contributed by atoms with van der Waals surface area (Å²) in [6, 6.07) is 16.3. The van der Waals surface area contributed by atoms with Crippen LogP contribution in [0.3, 0.4) is 0 Å². The number of aliphatic hydroxyl groups excluding tert-OH is 1. The Morgan fingerprint density at radius 3 is 2.47 bits per heavy atom. The molecule has 2 bridgehead atoms. The maximum absolute atomic E-state index is 12.2. The molecule has 3 N–H and O–H groups in total. The van der Waals surface area contributed by atoms with Crippen molar-refractivity contribution in [3.05, 3.63) is 66.6 Å². The molecular formula is C26H26N6O2. The number of rotatable bonds is 4. The van der Waals surface area contributed by atoms with E-state index in [4.69, 9.17) is 10.7 Å². The zero-order chi connectivity index (χ0) is 23.2. The van der Waals surface area contributed by atoms with E-state index in [9.17, 15) is 9.90 Å². The van der Waals surface area contributed by atoms with Crippen molar-refractivity contribution in [2.45, 2.75) is 43.7 Å². The molecule has 2 unspecified atom stereocenters. The molecule has 34 heavy (non-hydrogen) atoms. The van der Waals surface area contributed by atoms with Gasteiger partial charge in [-0.3, -0.25) is 9.78 Å². The average molecular weight is 455 g/mol. The lowest BCUT2D eigenvalue weighted by atomic mass is 9.87. The monoisotopic (exact) mass is 454 g/mol. The molecule has 172 valence electrons. The zero-order valence-electron chi connectivity index (χ0n) is 18.7. The molecule has 1 amide bonds. The highest BCUT2D eigenvalue weighted by Crippen LogP contribution is 2.43. The van der Waals surface area contributed by atoms with Gasteiger partial charge >= 0.3 is 0 Å². The van der Waals surface area contributed by atoms with E-state index in [0.29, 0.717) is 11.5 Å². The first-order valence-electron chi connectivity index (χ1n) is 11.7. The quantitative estimate of drug-likeness (QED) is 0.490. The number of carbonyl (C=O) groups is 1. The maximum Gasteiger partial charge on any atom is 0.248 e. The van der Waals surface area contributed by atoms with E-state index in [2.05, 4.69) is 10.1 Å². The normalized spacial score (nSPS) is 21.8. The van der Waals surface area contributed by atoms with E-state index < -0.39 is 6.61 Å². The molecule has 0 radical (unpaired) electrons. The molecule has 2 aliphatic heterocycles. The lowest BCUT2D eigenvalue weighted by Gasteiger charge is -2.38. The molecule has 0 saturated carbocycles. The first-order chi connectivity index (χ1) is 16.6. The number of aromatic nitrogens is 4. The lowest BCUT2D eigenvalue weighted by Crippen LogP contribution is -2.47. The van der Waals surface area contributed by atoms with Gasteiger partial charge in [0.05, 0.1) is 11.9 Å². The van der Waals surface area contributed by atoms with Gasteiger partial charge in [-0.2, -0.15) is 9.61 Å². The van der Waals surface area contributed by atoms with Crippen molar-refractivity contribution in [2.75, 3.05) is 12.3 Å². The van der Waals surface area contributed by atoms with Crippen LogP contribution in [0.5, 0.6) is 0 Å². The maximum atomic E-state index is 12.2. The van der Waals surface area contributed by atoms with Crippen LogP contribution in [-0.2, 0) is 4.79 Å². The summed E-state index contributed by atoms with van der Waals surface area (Å²) in [5.41, 5.74) is 11.8. The zero-order valence-corrected chi connectivity index (χ0v) is 18.7. The number of hydrogen-bond acceptors (Lipinski definition) is 6. The summed E-state index contributed by atoms with van der Waals surface area (Å²) in [6.07, 6.45) is 7.25. The highest BCUT2D eigenvalue weighted by Gasteiger charge is 2.43. The summed E-state index contributed by atoms with van der Waals surface area (Å²) in [5, 5.41) is 13.8. The van der Waals surface area contributed by atoms with Gasteiger partial charge in [-0.25, -0.2) is 4.98 Å². The van der Waals surface area contributed by atoms with Crippen molar-refractivity contribution >= 4 is 17.4 Å². The van der Waals surface area contributed by atoms with Gasteiger partial charge in [-0.1, -0.05) is 36.4 Å². The van der Waals surface area contributed by atoms with Gasteiger partial charge in [0.25, 0.3) is 0 Å². The first-order valence-corrected chi connectivity index (χ1v) is 11.7. The number of nitrogen functional groups attached to an aromatic ring is 1. The summed E-state index contributed by atoms with van der Waals surface area (Å²) in [5.74, 6) is 0.591. The van der Waals surface area contributed by atoms with Crippen molar-refractivity contribution in [3.8, 4) is 22.4 Å². The molecular weight excluding hydrogens is 428 g/mol. The van der Waals surface area contributed by atoms with E-state index in [0.717, 1.165) is 53.8 Å². The average Bonchev–Trinajstić information content (AvgIpc) is 3.42. The summed E-state index contributed by atoms with van der Waals surface area (Å²) in [6.45, 7) is -0.425. The number of fused-ring (bicyclic) bond motifs is 3. The highest BCUT2D eigenvalue weighted by molar-refractivity contribution is 5.79. The predicted octanol–water partition coefficient (Wildman–Crippen LogP) is 3.27. The van der Waals surface area contributed by atoms with Crippen LogP contribution in [-0.4, -0.2) is 54.2 Å². The van der Waals surface area contributed by atoms with Crippen LogP contribution >= 0.6 is 0 Å². The van der Waals surface area contributed by atoms with Crippen molar-refractivity contribution in [2.24, 2.45) is 0 Å². The Balaban J connectivity index is 1.33. The van der Waals surface area contributed by atoms with Crippen LogP contribution in [0.15, 0.2) is 60.9 Å². The van der Waals surface area contributed by atoms with Crippen LogP contribution in [0.1, 0.15) is 37.3 Å². The topological polar surface area (TPSA) is 110 Å². The number of amides is 1. The molecule has 0 spiro atoms. The number of carbonyl (C=O) groups excluding carboxylic acids is 1.